The molecule has 0 saturated heterocycles. The Hall–Kier alpha value is -2.08. The molecule has 4 rings (SSSR count). The van der Waals surface area contributed by atoms with Crippen LogP contribution in [0.15, 0.2) is 30.3 Å². The minimum absolute atomic E-state index is 0.743. The number of fused-ring (bicyclic) bond motifs is 1. The third kappa shape index (κ3) is 2.71. The standard InChI is InChI=1S/C18H19N3/c19-10-15-9-18(20-17-4-2-1-3-16(15)17)21(11-13-5-6-13)12-14-7-8-14/h1-4,9,13-14H,5-8,11-12H2. The van der Waals surface area contributed by atoms with Crippen molar-refractivity contribution in [3.05, 3.63) is 35.9 Å². The molecule has 2 aromatic rings. The number of benzene rings is 1. The molecule has 1 aromatic carbocycles. The smallest absolute Gasteiger partial charge is 0.130 e. The Bertz CT molecular complexity index is 694. The normalized spacial score (nSPS) is 17.7. The minimum Gasteiger partial charge on any atom is -0.356 e. The first kappa shape index (κ1) is 12.6. The van der Waals surface area contributed by atoms with Crippen molar-refractivity contribution in [3.8, 4) is 6.07 Å². The lowest BCUT2D eigenvalue weighted by atomic mass is 10.1. The van der Waals surface area contributed by atoms with Gasteiger partial charge < -0.3 is 4.90 Å². The minimum atomic E-state index is 0.743. The van der Waals surface area contributed by atoms with Gasteiger partial charge in [-0.2, -0.15) is 5.26 Å². The maximum Gasteiger partial charge on any atom is 0.130 e. The molecule has 0 atom stereocenters. The van der Waals surface area contributed by atoms with Gasteiger partial charge in [0.05, 0.1) is 17.1 Å². The Balaban J connectivity index is 1.73. The zero-order valence-corrected chi connectivity index (χ0v) is 12.1. The van der Waals surface area contributed by atoms with E-state index in [0.717, 1.165) is 47.2 Å². The molecule has 0 unspecified atom stereocenters. The first-order valence-electron chi connectivity index (χ1n) is 7.88. The summed E-state index contributed by atoms with van der Waals surface area (Å²) in [6.45, 7) is 2.21. The summed E-state index contributed by atoms with van der Waals surface area (Å²) in [5.74, 6) is 2.66. The molecular weight excluding hydrogens is 258 g/mol. The highest BCUT2D eigenvalue weighted by Gasteiger charge is 2.30. The average Bonchev–Trinajstić information content (AvgIpc) is 3.41. The molecule has 0 bridgehead atoms. The number of nitriles is 1. The maximum absolute atomic E-state index is 9.43. The number of pyridine rings is 1. The van der Waals surface area contributed by atoms with Crippen molar-refractivity contribution in [2.45, 2.75) is 25.7 Å². The van der Waals surface area contributed by atoms with Crippen molar-refractivity contribution >= 4 is 16.7 Å². The summed E-state index contributed by atoms with van der Waals surface area (Å²) in [6, 6.07) is 12.3. The lowest BCUT2D eigenvalue weighted by Gasteiger charge is -2.24. The van der Waals surface area contributed by atoms with E-state index in [1.54, 1.807) is 0 Å². The van der Waals surface area contributed by atoms with Crippen LogP contribution in [0.4, 0.5) is 5.82 Å². The number of rotatable bonds is 5. The predicted octanol–water partition coefficient (Wildman–Crippen LogP) is 3.73. The molecular formula is C18H19N3. The summed E-state index contributed by atoms with van der Waals surface area (Å²) in [5.41, 5.74) is 1.68. The molecule has 2 fully saturated rings. The van der Waals surface area contributed by atoms with Crippen molar-refractivity contribution < 1.29 is 0 Å². The lowest BCUT2D eigenvalue weighted by Crippen LogP contribution is -2.29. The highest BCUT2D eigenvalue weighted by molar-refractivity contribution is 5.86. The highest BCUT2D eigenvalue weighted by atomic mass is 15.2. The van der Waals surface area contributed by atoms with Crippen LogP contribution in [0.3, 0.4) is 0 Å². The van der Waals surface area contributed by atoms with E-state index in [1.807, 2.05) is 30.3 Å². The van der Waals surface area contributed by atoms with Crippen molar-refractivity contribution in [2.75, 3.05) is 18.0 Å². The Labute approximate surface area is 125 Å². The van der Waals surface area contributed by atoms with Crippen LogP contribution in [-0.2, 0) is 0 Å². The Morgan fingerprint density at radius 3 is 2.38 bits per heavy atom. The molecule has 21 heavy (non-hydrogen) atoms. The second kappa shape index (κ2) is 5.04. The van der Waals surface area contributed by atoms with Gasteiger partial charge in [-0.1, -0.05) is 18.2 Å². The summed E-state index contributed by atoms with van der Waals surface area (Å²) in [7, 11) is 0. The van der Waals surface area contributed by atoms with Crippen LogP contribution in [0, 0.1) is 23.2 Å². The fraction of sp³-hybridized carbons (Fsp3) is 0.444. The van der Waals surface area contributed by atoms with Crippen LogP contribution in [0.1, 0.15) is 31.2 Å². The molecule has 1 aromatic heterocycles. The largest absolute Gasteiger partial charge is 0.356 e. The van der Waals surface area contributed by atoms with E-state index in [4.69, 9.17) is 4.98 Å². The molecule has 3 heteroatoms. The average molecular weight is 277 g/mol. The van der Waals surface area contributed by atoms with E-state index in [1.165, 1.54) is 25.7 Å². The SMILES string of the molecule is N#Cc1cc(N(CC2CC2)CC2CC2)nc2ccccc12. The molecule has 3 nitrogen and oxygen atoms in total. The van der Waals surface area contributed by atoms with Gasteiger partial charge in [0.1, 0.15) is 5.82 Å². The van der Waals surface area contributed by atoms with Gasteiger partial charge in [-0.25, -0.2) is 4.98 Å². The van der Waals surface area contributed by atoms with E-state index < -0.39 is 0 Å². The molecule has 1 heterocycles. The molecule has 106 valence electrons. The third-order valence-corrected chi connectivity index (χ3v) is 4.50. The first-order valence-corrected chi connectivity index (χ1v) is 7.88. The lowest BCUT2D eigenvalue weighted by molar-refractivity contribution is 0.672. The summed E-state index contributed by atoms with van der Waals surface area (Å²) in [4.78, 5) is 7.24. The van der Waals surface area contributed by atoms with Gasteiger partial charge in [0, 0.05) is 18.5 Å². The Morgan fingerprint density at radius 2 is 1.76 bits per heavy atom. The summed E-state index contributed by atoms with van der Waals surface area (Å²) in [6.07, 6.45) is 5.39. The molecule has 0 radical (unpaired) electrons. The van der Waals surface area contributed by atoms with Gasteiger partial charge in [-0.05, 0) is 49.7 Å². The zero-order chi connectivity index (χ0) is 14.2. The van der Waals surface area contributed by atoms with Crippen LogP contribution in [-0.4, -0.2) is 18.1 Å². The number of anilines is 1. The second-order valence-electron chi connectivity index (χ2n) is 6.45. The Morgan fingerprint density at radius 1 is 1.10 bits per heavy atom. The molecule has 2 aliphatic rings. The molecule has 2 aliphatic carbocycles. The van der Waals surface area contributed by atoms with E-state index >= 15 is 0 Å². The second-order valence-corrected chi connectivity index (χ2v) is 6.45. The number of hydrogen-bond donors (Lipinski definition) is 0. The molecule has 0 N–H and O–H groups in total. The first-order chi connectivity index (χ1) is 10.3. The van der Waals surface area contributed by atoms with Crippen LogP contribution in [0.2, 0.25) is 0 Å². The third-order valence-electron chi connectivity index (χ3n) is 4.50. The van der Waals surface area contributed by atoms with Gasteiger partial charge in [-0.3, -0.25) is 0 Å². The van der Waals surface area contributed by atoms with E-state index in [0.29, 0.717) is 0 Å². The van der Waals surface area contributed by atoms with Gasteiger partial charge >= 0.3 is 0 Å². The number of aromatic nitrogens is 1. The van der Waals surface area contributed by atoms with Gasteiger partial charge in [-0.15, -0.1) is 0 Å². The van der Waals surface area contributed by atoms with Crippen LogP contribution in [0.25, 0.3) is 10.9 Å². The van der Waals surface area contributed by atoms with Crippen molar-refractivity contribution in [2.24, 2.45) is 11.8 Å². The zero-order valence-electron chi connectivity index (χ0n) is 12.1. The Kier molecular flexibility index (Phi) is 3.03. The van der Waals surface area contributed by atoms with Crippen LogP contribution >= 0.6 is 0 Å². The quantitative estimate of drug-likeness (QED) is 0.836. The van der Waals surface area contributed by atoms with E-state index in [-0.39, 0.29) is 0 Å². The fourth-order valence-corrected chi connectivity index (χ4v) is 2.90. The molecule has 0 spiro atoms. The number of para-hydroxylation sites is 1. The predicted molar refractivity (Wildman–Crippen MR) is 84.1 cm³/mol. The van der Waals surface area contributed by atoms with E-state index in [9.17, 15) is 5.26 Å². The van der Waals surface area contributed by atoms with Crippen molar-refractivity contribution in [3.63, 3.8) is 0 Å². The van der Waals surface area contributed by atoms with Crippen molar-refractivity contribution in [1.29, 1.82) is 5.26 Å². The summed E-state index contributed by atoms with van der Waals surface area (Å²) >= 11 is 0. The summed E-state index contributed by atoms with van der Waals surface area (Å²) in [5, 5.41) is 10.4. The topological polar surface area (TPSA) is 39.9 Å². The van der Waals surface area contributed by atoms with Crippen LogP contribution < -0.4 is 4.90 Å². The number of hydrogen-bond acceptors (Lipinski definition) is 3. The number of nitrogens with zero attached hydrogens (tertiary/aromatic N) is 3. The maximum atomic E-state index is 9.43. The summed E-state index contributed by atoms with van der Waals surface area (Å²) < 4.78 is 0. The highest BCUT2D eigenvalue weighted by Crippen LogP contribution is 2.36. The molecule has 2 saturated carbocycles. The molecule has 0 amide bonds. The fourth-order valence-electron chi connectivity index (χ4n) is 2.90. The van der Waals surface area contributed by atoms with Gasteiger partial charge in [0.15, 0.2) is 0 Å². The van der Waals surface area contributed by atoms with Crippen LogP contribution in [0.5, 0.6) is 0 Å². The van der Waals surface area contributed by atoms with Crippen molar-refractivity contribution in [1.82, 2.24) is 4.98 Å². The molecule has 0 aliphatic heterocycles. The monoisotopic (exact) mass is 277 g/mol. The van der Waals surface area contributed by atoms with E-state index in [2.05, 4.69) is 11.0 Å². The van der Waals surface area contributed by atoms with Gasteiger partial charge in [0.25, 0.3) is 0 Å². The van der Waals surface area contributed by atoms with Gasteiger partial charge in [0.2, 0.25) is 0 Å².